The summed E-state index contributed by atoms with van der Waals surface area (Å²) in [4.78, 5) is 4.66. The van der Waals surface area contributed by atoms with Crippen LogP contribution in [0.4, 0.5) is 24.5 Å². The SMILES string of the molecule is CN1CCN(c2cc[c]c(N[C@H]3CC[C@@H](C(F)(F)F)CC3)c2)CC1. The van der Waals surface area contributed by atoms with Crippen LogP contribution in [0.25, 0.3) is 0 Å². The predicted molar refractivity (Wildman–Crippen MR) is 90.4 cm³/mol. The lowest BCUT2D eigenvalue weighted by atomic mass is 9.85. The molecule has 1 N–H and O–H groups in total. The van der Waals surface area contributed by atoms with Crippen molar-refractivity contribution < 1.29 is 13.2 Å². The number of likely N-dealkylation sites (N-methyl/N-ethyl adjacent to an activating group) is 1. The molecule has 1 aliphatic carbocycles. The summed E-state index contributed by atoms with van der Waals surface area (Å²) in [6.07, 6.45) is -2.47. The number of hydrogen-bond donors (Lipinski definition) is 1. The first-order valence-corrected chi connectivity index (χ1v) is 8.70. The van der Waals surface area contributed by atoms with Crippen LogP contribution in [-0.4, -0.2) is 50.3 Å². The molecule has 24 heavy (non-hydrogen) atoms. The molecule has 1 saturated carbocycles. The van der Waals surface area contributed by atoms with Gasteiger partial charge in [-0.05, 0) is 44.9 Å². The number of halogens is 3. The van der Waals surface area contributed by atoms with E-state index in [4.69, 9.17) is 0 Å². The van der Waals surface area contributed by atoms with E-state index in [9.17, 15) is 13.2 Å². The first-order chi connectivity index (χ1) is 11.4. The third kappa shape index (κ3) is 4.35. The average molecular weight is 340 g/mol. The fourth-order valence-corrected chi connectivity index (χ4v) is 3.58. The zero-order chi connectivity index (χ0) is 17.2. The lowest BCUT2D eigenvalue weighted by Crippen LogP contribution is -2.44. The Balaban J connectivity index is 1.56. The van der Waals surface area contributed by atoms with Crippen LogP contribution in [-0.2, 0) is 0 Å². The van der Waals surface area contributed by atoms with Crippen LogP contribution in [0.1, 0.15) is 25.7 Å². The zero-order valence-corrected chi connectivity index (χ0v) is 14.1. The van der Waals surface area contributed by atoms with Gasteiger partial charge in [0.15, 0.2) is 0 Å². The van der Waals surface area contributed by atoms with E-state index in [1.54, 1.807) is 0 Å². The topological polar surface area (TPSA) is 18.5 Å². The largest absolute Gasteiger partial charge is 0.391 e. The molecule has 0 bridgehead atoms. The van der Waals surface area contributed by atoms with Gasteiger partial charge in [0.2, 0.25) is 0 Å². The minimum Gasteiger partial charge on any atom is -0.382 e. The summed E-state index contributed by atoms with van der Waals surface area (Å²) >= 11 is 0. The predicted octanol–water partition coefficient (Wildman–Crippen LogP) is 3.77. The summed E-state index contributed by atoms with van der Waals surface area (Å²) in [5, 5.41) is 3.38. The van der Waals surface area contributed by atoms with Gasteiger partial charge in [-0.1, -0.05) is 6.07 Å². The van der Waals surface area contributed by atoms with E-state index < -0.39 is 12.1 Å². The maximum absolute atomic E-state index is 12.7. The number of rotatable bonds is 3. The average Bonchev–Trinajstić information content (AvgIpc) is 2.55. The van der Waals surface area contributed by atoms with Crippen molar-refractivity contribution in [1.29, 1.82) is 0 Å². The highest BCUT2D eigenvalue weighted by Gasteiger charge is 2.41. The van der Waals surface area contributed by atoms with Crippen LogP contribution in [0.15, 0.2) is 18.2 Å². The molecule has 3 rings (SSSR count). The van der Waals surface area contributed by atoms with Gasteiger partial charge in [-0.15, -0.1) is 0 Å². The van der Waals surface area contributed by atoms with Gasteiger partial charge >= 0.3 is 6.18 Å². The Morgan fingerprint density at radius 1 is 1.08 bits per heavy atom. The van der Waals surface area contributed by atoms with Crippen molar-refractivity contribution in [2.45, 2.75) is 37.9 Å². The number of alkyl halides is 3. The molecule has 1 aliphatic heterocycles. The van der Waals surface area contributed by atoms with Gasteiger partial charge in [-0.25, -0.2) is 0 Å². The molecular formula is C18H25F3N3. The van der Waals surface area contributed by atoms with Crippen molar-refractivity contribution in [3.8, 4) is 0 Å². The molecule has 1 aromatic rings. The van der Waals surface area contributed by atoms with E-state index in [1.807, 2.05) is 6.07 Å². The number of benzene rings is 1. The van der Waals surface area contributed by atoms with Gasteiger partial charge in [0, 0.05) is 49.7 Å². The number of hydrogen-bond acceptors (Lipinski definition) is 3. The van der Waals surface area contributed by atoms with Gasteiger partial charge in [-0.3, -0.25) is 0 Å². The molecule has 0 amide bonds. The molecule has 0 aromatic heterocycles. The molecule has 0 spiro atoms. The number of anilines is 2. The van der Waals surface area contributed by atoms with E-state index in [1.165, 1.54) is 0 Å². The van der Waals surface area contributed by atoms with Crippen LogP contribution < -0.4 is 10.2 Å². The quantitative estimate of drug-likeness (QED) is 0.904. The van der Waals surface area contributed by atoms with Crippen molar-refractivity contribution in [3.63, 3.8) is 0 Å². The highest BCUT2D eigenvalue weighted by molar-refractivity contribution is 5.58. The Labute approximate surface area is 141 Å². The minimum absolute atomic E-state index is 0.114. The van der Waals surface area contributed by atoms with Gasteiger partial charge in [0.05, 0.1) is 5.92 Å². The van der Waals surface area contributed by atoms with Crippen molar-refractivity contribution in [1.82, 2.24) is 4.90 Å². The van der Waals surface area contributed by atoms with Crippen LogP contribution in [0.5, 0.6) is 0 Å². The monoisotopic (exact) mass is 340 g/mol. The fourth-order valence-electron chi connectivity index (χ4n) is 3.58. The molecule has 1 aromatic carbocycles. The Kier molecular flexibility index (Phi) is 5.23. The van der Waals surface area contributed by atoms with Gasteiger partial charge < -0.3 is 15.1 Å². The van der Waals surface area contributed by atoms with E-state index in [0.29, 0.717) is 12.8 Å². The normalized spacial score (nSPS) is 26.4. The molecule has 3 nitrogen and oxygen atoms in total. The molecule has 2 fully saturated rings. The summed E-state index contributed by atoms with van der Waals surface area (Å²) in [6, 6.07) is 9.31. The minimum atomic E-state index is -4.04. The maximum Gasteiger partial charge on any atom is 0.391 e. The lowest BCUT2D eigenvalue weighted by Gasteiger charge is -2.34. The molecule has 0 atom stereocenters. The van der Waals surface area contributed by atoms with Crippen molar-refractivity contribution in [2.75, 3.05) is 43.4 Å². The number of nitrogens with zero attached hydrogens (tertiary/aromatic N) is 2. The molecule has 6 heteroatoms. The summed E-state index contributed by atoms with van der Waals surface area (Å²) in [7, 11) is 2.13. The molecule has 1 heterocycles. The number of nitrogens with one attached hydrogen (secondary N) is 1. The van der Waals surface area contributed by atoms with E-state index in [2.05, 4.69) is 40.4 Å². The Bertz CT molecular complexity index is 531. The van der Waals surface area contributed by atoms with E-state index in [0.717, 1.165) is 37.6 Å². The Morgan fingerprint density at radius 2 is 1.75 bits per heavy atom. The second kappa shape index (κ2) is 7.21. The van der Waals surface area contributed by atoms with Crippen LogP contribution in [0.2, 0.25) is 0 Å². The fraction of sp³-hybridized carbons (Fsp3) is 0.667. The second-order valence-electron chi connectivity index (χ2n) is 6.99. The van der Waals surface area contributed by atoms with Crippen LogP contribution in [0.3, 0.4) is 0 Å². The first kappa shape index (κ1) is 17.4. The molecule has 1 radical (unpaired) electrons. The highest BCUT2D eigenvalue weighted by atomic mass is 19.4. The third-order valence-electron chi connectivity index (χ3n) is 5.20. The zero-order valence-electron chi connectivity index (χ0n) is 14.1. The summed E-state index contributed by atoms with van der Waals surface area (Å²) in [5.41, 5.74) is 2.05. The summed E-state index contributed by atoms with van der Waals surface area (Å²) < 4.78 is 38.2. The lowest BCUT2D eigenvalue weighted by molar-refractivity contribution is -0.182. The molecule has 133 valence electrons. The van der Waals surface area contributed by atoms with E-state index >= 15 is 0 Å². The van der Waals surface area contributed by atoms with Crippen LogP contribution >= 0.6 is 0 Å². The van der Waals surface area contributed by atoms with Gasteiger partial charge in [-0.2, -0.15) is 13.2 Å². The van der Waals surface area contributed by atoms with Crippen LogP contribution in [0, 0.1) is 12.0 Å². The van der Waals surface area contributed by atoms with Gasteiger partial charge in [0.25, 0.3) is 0 Å². The summed E-state index contributed by atoms with van der Waals surface area (Å²) in [6.45, 7) is 4.08. The molecule has 2 aliphatic rings. The Morgan fingerprint density at radius 3 is 2.38 bits per heavy atom. The standard InChI is InChI=1S/C18H25F3N3/c1-23-9-11-24(12-10-23)17-4-2-3-16(13-17)22-15-7-5-14(6-8-15)18(19,20)21/h2,4,13-15,22H,5-12H2,1H3/t14-,15+. The smallest absolute Gasteiger partial charge is 0.382 e. The van der Waals surface area contributed by atoms with Crippen molar-refractivity contribution in [3.05, 3.63) is 24.3 Å². The highest BCUT2D eigenvalue weighted by Crippen LogP contribution is 2.38. The third-order valence-corrected chi connectivity index (χ3v) is 5.20. The van der Waals surface area contributed by atoms with E-state index in [-0.39, 0.29) is 18.9 Å². The van der Waals surface area contributed by atoms with Crippen molar-refractivity contribution >= 4 is 11.4 Å². The molecule has 1 saturated heterocycles. The second-order valence-corrected chi connectivity index (χ2v) is 6.99. The van der Waals surface area contributed by atoms with Crippen molar-refractivity contribution in [2.24, 2.45) is 5.92 Å². The Hall–Kier alpha value is -1.43. The summed E-state index contributed by atoms with van der Waals surface area (Å²) in [5.74, 6) is -1.13. The molecular weight excluding hydrogens is 315 g/mol. The number of piperazine rings is 1. The first-order valence-electron chi connectivity index (χ1n) is 8.70. The molecule has 0 unspecified atom stereocenters. The van der Waals surface area contributed by atoms with Gasteiger partial charge in [0.1, 0.15) is 0 Å². The maximum atomic E-state index is 12.7.